The largest absolute Gasteiger partial charge is 0.481 e. The number of aliphatic carboxylic acids is 1. The highest BCUT2D eigenvalue weighted by molar-refractivity contribution is 5.80. The van der Waals surface area contributed by atoms with Crippen LogP contribution in [-0.2, 0) is 14.3 Å². The summed E-state index contributed by atoms with van der Waals surface area (Å²) in [7, 11) is 0. The van der Waals surface area contributed by atoms with Gasteiger partial charge in [-0.15, -0.1) is 0 Å². The van der Waals surface area contributed by atoms with Gasteiger partial charge in [0.25, 0.3) is 0 Å². The number of nitrogens with zero attached hydrogens (tertiary/aromatic N) is 1. The van der Waals surface area contributed by atoms with Crippen molar-refractivity contribution in [2.75, 3.05) is 19.7 Å². The Labute approximate surface area is 149 Å². The molecule has 3 atom stereocenters. The molecule has 0 bridgehead atoms. The van der Waals surface area contributed by atoms with Crippen molar-refractivity contribution >= 4 is 11.9 Å². The first-order chi connectivity index (χ1) is 12.1. The van der Waals surface area contributed by atoms with Gasteiger partial charge in [-0.2, -0.15) is 0 Å². The Morgan fingerprint density at radius 1 is 1.16 bits per heavy atom. The van der Waals surface area contributed by atoms with Crippen LogP contribution < -0.4 is 0 Å². The number of ether oxygens (including phenoxy) is 1. The fraction of sp³-hybridized carbons (Fsp3) is 0.600. The van der Waals surface area contributed by atoms with Gasteiger partial charge in [-0.25, -0.2) is 0 Å². The normalized spacial score (nSPS) is 27.0. The molecule has 0 radical (unpaired) electrons. The van der Waals surface area contributed by atoms with Gasteiger partial charge in [0, 0.05) is 26.1 Å². The topological polar surface area (TPSA) is 66.8 Å². The summed E-state index contributed by atoms with van der Waals surface area (Å²) >= 11 is 0. The first-order valence-electron chi connectivity index (χ1n) is 9.32. The number of rotatable bonds is 5. The van der Waals surface area contributed by atoms with Crippen LogP contribution in [0.15, 0.2) is 30.3 Å². The van der Waals surface area contributed by atoms with Crippen molar-refractivity contribution < 1.29 is 19.4 Å². The molecule has 1 aromatic carbocycles. The zero-order valence-corrected chi connectivity index (χ0v) is 14.6. The van der Waals surface area contributed by atoms with Crippen molar-refractivity contribution in [2.45, 2.75) is 44.6 Å². The molecule has 0 aliphatic carbocycles. The average Bonchev–Trinajstić information content (AvgIpc) is 2.67. The van der Waals surface area contributed by atoms with Crippen LogP contribution in [0.4, 0.5) is 0 Å². The molecule has 5 heteroatoms. The molecule has 1 N–H and O–H groups in total. The Kier molecular flexibility index (Phi) is 6.08. The fourth-order valence-electron chi connectivity index (χ4n) is 4.07. The zero-order valence-electron chi connectivity index (χ0n) is 14.6. The highest BCUT2D eigenvalue weighted by Gasteiger charge is 2.37. The summed E-state index contributed by atoms with van der Waals surface area (Å²) in [6, 6.07) is 10.0. The number of carboxylic acids is 1. The summed E-state index contributed by atoms with van der Waals surface area (Å²) in [4.78, 5) is 25.9. The van der Waals surface area contributed by atoms with Crippen LogP contribution in [0, 0.1) is 11.8 Å². The second kappa shape index (κ2) is 8.48. The van der Waals surface area contributed by atoms with Crippen molar-refractivity contribution in [3.05, 3.63) is 35.9 Å². The molecule has 2 fully saturated rings. The number of carbonyl (C=O) groups is 2. The van der Waals surface area contributed by atoms with Gasteiger partial charge in [0.15, 0.2) is 0 Å². The third-order valence-corrected chi connectivity index (χ3v) is 5.36. The number of carbonyl (C=O) groups excluding carboxylic acids is 1. The van der Waals surface area contributed by atoms with Crippen LogP contribution in [0.1, 0.15) is 50.2 Å². The van der Waals surface area contributed by atoms with Crippen LogP contribution in [0.3, 0.4) is 0 Å². The molecule has 2 heterocycles. The second-order valence-corrected chi connectivity index (χ2v) is 7.18. The van der Waals surface area contributed by atoms with Crippen LogP contribution in [0.25, 0.3) is 0 Å². The van der Waals surface area contributed by atoms with E-state index in [1.165, 1.54) is 0 Å². The molecule has 0 aromatic heterocycles. The minimum Gasteiger partial charge on any atom is -0.481 e. The van der Waals surface area contributed by atoms with Crippen LogP contribution in [0.2, 0.25) is 0 Å². The van der Waals surface area contributed by atoms with E-state index in [1.807, 2.05) is 35.2 Å². The lowest BCUT2D eigenvalue weighted by Gasteiger charge is -2.38. The quantitative estimate of drug-likeness (QED) is 0.889. The van der Waals surface area contributed by atoms with Crippen molar-refractivity contribution in [3.8, 4) is 0 Å². The molecule has 0 saturated carbocycles. The molecular weight excluding hydrogens is 318 g/mol. The number of hydrogen-bond acceptors (Lipinski definition) is 3. The molecule has 2 aliphatic heterocycles. The predicted molar refractivity (Wildman–Crippen MR) is 94.0 cm³/mol. The van der Waals surface area contributed by atoms with Gasteiger partial charge in [0.05, 0.1) is 12.0 Å². The molecule has 1 aromatic rings. The molecule has 136 valence electrons. The van der Waals surface area contributed by atoms with Crippen molar-refractivity contribution in [1.82, 2.24) is 4.90 Å². The van der Waals surface area contributed by atoms with E-state index in [9.17, 15) is 9.59 Å². The molecule has 2 saturated heterocycles. The van der Waals surface area contributed by atoms with E-state index in [4.69, 9.17) is 9.84 Å². The van der Waals surface area contributed by atoms with Crippen molar-refractivity contribution in [1.29, 1.82) is 0 Å². The maximum Gasteiger partial charge on any atom is 0.303 e. The van der Waals surface area contributed by atoms with Gasteiger partial charge in [0.2, 0.25) is 5.91 Å². The van der Waals surface area contributed by atoms with E-state index in [1.54, 1.807) is 0 Å². The van der Waals surface area contributed by atoms with Gasteiger partial charge < -0.3 is 14.7 Å². The summed E-state index contributed by atoms with van der Waals surface area (Å²) in [5.41, 5.74) is 1.07. The van der Waals surface area contributed by atoms with Crippen LogP contribution in [-0.4, -0.2) is 41.6 Å². The second-order valence-electron chi connectivity index (χ2n) is 7.18. The standard InChI is InChI=1S/C20H27NO4/c22-18(23)11-10-15-6-4-12-21(14-15)20(24)17-9-5-13-25-19(17)16-7-2-1-3-8-16/h1-3,7-8,15,17,19H,4-6,9-14H2,(H,22,23)/t15-,17-,19-/m0/s1. The lowest BCUT2D eigenvalue weighted by Crippen LogP contribution is -2.45. The Bertz CT molecular complexity index is 589. The third-order valence-electron chi connectivity index (χ3n) is 5.36. The monoisotopic (exact) mass is 345 g/mol. The van der Waals surface area contributed by atoms with Crippen molar-refractivity contribution in [2.24, 2.45) is 11.8 Å². The summed E-state index contributed by atoms with van der Waals surface area (Å²) in [6.07, 6.45) is 4.42. The van der Waals surface area contributed by atoms with Gasteiger partial charge in [0.1, 0.15) is 0 Å². The number of carboxylic acid groups (broad SMARTS) is 1. The Morgan fingerprint density at radius 3 is 2.72 bits per heavy atom. The molecule has 25 heavy (non-hydrogen) atoms. The van der Waals surface area contributed by atoms with Gasteiger partial charge >= 0.3 is 5.97 Å². The number of piperidine rings is 1. The lowest BCUT2D eigenvalue weighted by molar-refractivity contribution is -0.147. The number of benzene rings is 1. The first kappa shape index (κ1) is 17.9. The molecular formula is C20H27NO4. The van der Waals surface area contributed by atoms with Gasteiger partial charge in [-0.1, -0.05) is 30.3 Å². The van der Waals surface area contributed by atoms with E-state index >= 15 is 0 Å². The molecule has 5 nitrogen and oxygen atoms in total. The van der Waals surface area contributed by atoms with E-state index in [-0.39, 0.29) is 24.3 Å². The Balaban J connectivity index is 1.66. The highest BCUT2D eigenvalue weighted by atomic mass is 16.5. The maximum absolute atomic E-state index is 13.2. The fourth-order valence-corrected chi connectivity index (χ4v) is 4.07. The average molecular weight is 345 g/mol. The predicted octanol–water partition coefficient (Wildman–Crippen LogP) is 3.26. The maximum atomic E-state index is 13.2. The molecule has 0 unspecified atom stereocenters. The van der Waals surface area contributed by atoms with Gasteiger partial charge in [-0.05, 0) is 43.6 Å². The molecule has 1 amide bonds. The summed E-state index contributed by atoms with van der Waals surface area (Å²) in [6.45, 7) is 2.16. The molecule has 3 rings (SSSR count). The SMILES string of the molecule is O=C(O)CC[C@@H]1CCCN(C(=O)[C@H]2CCCO[C@H]2c2ccccc2)C1. The lowest BCUT2D eigenvalue weighted by atomic mass is 9.86. The molecule has 0 spiro atoms. The zero-order chi connectivity index (χ0) is 17.6. The summed E-state index contributed by atoms with van der Waals surface area (Å²) in [5.74, 6) is -0.412. The first-order valence-corrected chi connectivity index (χ1v) is 9.32. The van der Waals surface area contributed by atoms with E-state index in [2.05, 4.69) is 0 Å². The number of likely N-dealkylation sites (tertiary alicyclic amines) is 1. The molecule has 2 aliphatic rings. The van der Waals surface area contributed by atoms with E-state index in [0.29, 0.717) is 25.5 Å². The van der Waals surface area contributed by atoms with E-state index < -0.39 is 5.97 Å². The number of amides is 1. The van der Waals surface area contributed by atoms with Crippen LogP contribution in [0.5, 0.6) is 0 Å². The highest BCUT2D eigenvalue weighted by Crippen LogP contribution is 2.36. The van der Waals surface area contributed by atoms with E-state index in [0.717, 1.165) is 37.8 Å². The Hall–Kier alpha value is -1.88. The minimum atomic E-state index is -0.756. The van der Waals surface area contributed by atoms with Crippen LogP contribution >= 0.6 is 0 Å². The van der Waals surface area contributed by atoms with Gasteiger partial charge in [-0.3, -0.25) is 9.59 Å². The third kappa shape index (κ3) is 4.60. The smallest absolute Gasteiger partial charge is 0.303 e. The van der Waals surface area contributed by atoms with Crippen molar-refractivity contribution in [3.63, 3.8) is 0 Å². The summed E-state index contributed by atoms with van der Waals surface area (Å²) < 4.78 is 5.97. The minimum absolute atomic E-state index is 0.130. The number of hydrogen-bond donors (Lipinski definition) is 1. The summed E-state index contributed by atoms with van der Waals surface area (Å²) in [5, 5.41) is 8.89. The Morgan fingerprint density at radius 2 is 1.96 bits per heavy atom.